The minimum Gasteiger partial charge on any atom is -0.481 e. The molecule has 0 saturated heterocycles. The number of nitrogens with zero attached hydrogens (tertiary/aromatic N) is 7. The normalized spacial score (nSPS) is 17.2. The third-order valence-electron chi connectivity index (χ3n) is 6.94. The van der Waals surface area contributed by atoms with E-state index in [9.17, 15) is 31.1 Å². The highest BCUT2D eigenvalue weighted by atomic mass is 19.4. The Balaban J connectivity index is 1.92. The van der Waals surface area contributed by atoms with Crippen LogP contribution in [0.1, 0.15) is 67.6 Å². The fourth-order valence-corrected chi connectivity index (χ4v) is 5.06. The van der Waals surface area contributed by atoms with Crippen LogP contribution in [0.3, 0.4) is 0 Å². The lowest BCUT2D eigenvalue weighted by atomic mass is 9.91. The summed E-state index contributed by atoms with van der Waals surface area (Å²) in [7, 11) is 2.88. The monoisotopic (exact) mass is 615 g/mol. The van der Waals surface area contributed by atoms with Gasteiger partial charge in [-0.15, -0.1) is 5.10 Å². The summed E-state index contributed by atoms with van der Waals surface area (Å²) in [5, 5.41) is 12.1. The molecule has 3 aromatic rings. The fourth-order valence-electron chi connectivity index (χ4n) is 5.06. The van der Waals surface area contributed by atoms with E-state index in [-0.39, 0.29) is 35.6 Å². The van der Waals surface area contributed by atoms with Crippen molar-refractivity contribution in [3.8, 4) is 5.88 Å². The van der Waals surface area contributed by atoms with Gasteiger partial charge in [0.05, 0.1) is 48.8 Å². The molecule has 1 amide bonds. The number of hydrogen-bond acceptors (Lipinski definition) is 8. The standard InChI is InChI=1S/C27H31F6N7O3/c1-7-19-12-20(22-21(8-15(4)23(34-22)42-6)40(19)25(41)43-14(2)3)39(24-35-37-38(5)36-24)13-16-9-17(26(28,29)30)11-18(10-16)27(31,32)33/h8-11,14,19-20H,7,12-13H2,1-6H3/t19-,20+/m0/s1. The number of fused-ring (bicyclic) bond motifs is 1. The minimum atomic E-state index is -5.03. The number of rotatable bonds is 7. The number of ether oxygens (including phenoxy) is 2. The second-order valence-electron chi connectivity index (χ2n) is 10.5. The molecule has 1 aromatic carbocycles. The van der Waals surface area contributed by atoms with Gasteiger partial charge >= 0.3 is 18.4 Å². The minimum absolute atomic E-state index is 0.0566. The molecule has 2 atom stereocenters. The predicted molar refractivity (Wildman–Crippen MR) is 142 cm³/mol. The number of methoxy groups -OCH3 is 1. The maximum atomic E-state index is 13.7. The number of alkyl halides is 6. The van der Waals surface area contributed by atoms with Crippen LogP contribution in [-0.2, 0) is 30.7 Å². The Hall–Kier alpha value is -4.11. The maximum absolute atomic E-state index is 13.7. The highest BCUT2D eigenvalue weighted by Crippen LogP contribution is 2.45. The molecule has 0 saturated carbocycles. The van der Waals surface area contributed by atoms with E-state index >= 15 is 0 Å². The molecule has 0 spiro atoms. The lowest BCUT2D eigenvalue weighted by Crippen LogP contribution is -2.49. The van der Waals surface area contributed by atoms with E-state index < -0.39 is 54.3 Å². The second-order valence-corrected chi connectivity index (χ2v) is 10.5. The van der Waals surface area contributed by atoms with E-state index in [1.54, 1.807) is 26.8 Å². The molecule has 4 rings (SSSR count). The average Bonchev–Trinajstić information content (AvgIpc) is 3.34. The Morgan fingerprint density at radius 3 is 2.21 bits per heavy atom. The molecule has 3 heterocycles. The topological polar surface area (TPSA) is 98.5 Å². The number of anilines is 2. The Bertz CT molecular complexity index is 1440. The maximum Gasteiger partial charge on any atom is 0.416 e. The Kier molecular flexibility index (Phi) is 8.79. The number of aryl methyl sites for hydroxylation is 2. The van der Waals surface area contributed by atoms with E-state index in [1.807, 2.05) is 6.92 Å². The molecular weight excluding hydrogens is 584 g/mol. The SMILES string of the molecule is CC[C@H]1C[C@@H](N(Cc2cc(C(F)(F)F)cc(C(F)(F)F)c2)c2nnn(C)n2)c2nc(OC)c(C)cc2N1C(=O)OC(C)C. The van der Waals surface area contributed by atoms with Gasteiger partial charge in [0, 0.05) is 18.2 Å². The zero-order chi connectivity index (χ0) is 31.9. The number of pyridine rings is 1. The van der Waals surface area contributed by atoms with E-state index in [4.69, 9.17) is 9.47 Å². The summed E-state index contributed by atoms with van der Waals surface area (Å²) in [5.41, 5.74) is -1.94. The number of carbonyl (C=O) groups is 1. The van der Waals surface area contributed by atoms with Crippen molar-refractivity contribution in [2.75, 3.05) is 16.9 Å². The Labute approximate surface area is 243 Å². The van der Waals surface area contributed by atoms with Gasteiger partial charge < -0.3 is 14.4 Å². The van der Waals surface area contributed by atoms with Crippen LogP contribution in [0.15, 0.2) is 24.3 Å². The molecule has 1 aliphatic heterocycles. The van der Waals surface area contributed by atoms with Crippen LogP contribution < -0.4 is 14.5 Å². The van der Waals surface area contributed by atoms with Gasteiger partial charge in [-0.3, -0.25) is 4.90 Å². The molecule has 43 heavy (non-hydrogen) atoms. The summed E-state index contributed by atoms with van der Waals surface area (Å²) >= 11 is 0. The largest absolute Gasteiger partial charge is 0.481 e. The van der Waals surface area contributed by atoms with Crippen LogP contribution in [0.25, 0.3) is 0 Å². The third kappa shape index (κ3) is 6.77. The molecule has 2 aromatic heterocycles. The smallest absolute Gasteiger partial charge is 0.416 e. The molecule has 0 fully saturated rings. The molecule has 0 bridgehead atoms. The van der Waals surface area contributed by atoms with Crippen molar-refractivity contribution in [1.29, 1.82) is 0 Å². The van der Waals surface area contributed by atoms with Gasteiger partial charge in [-0.2, -0.15) is 31.1 Å². The quantitative estimate of drug-likeness (QED) is 0.288. The van der Waals surface area contributed by atoms with E-state index in [0.717, 1.165) is 4.80 Å². The van der Waals surface area contributed by atoms with E-state index in [2.05, 4.69) is 20.4 Å². The number of tetrazole rings is 1. The molecular formula is C27H31F6N7O3. The zero-order valence-electron chi connectivity index (χ0n) is 24.3. The zero-order valence-corrected chi connectivity index (χ0v) is 24.3. The van der Waals surface area contributed by atoms with Gasteiger partial charge in [0.2, 0.25) is 5.88 Å². The molecule has 234 valence electrons. The number of benzene rings is 1. The Morgan fingerprint density at radius 1 is 1.09 bits per heavy atom. The first kappa shape index (κ1) is 31.8. The summed E-state index contributed by atoms with van der Waals surface area (Å²) in [6.07, 6.45) is -10.5. The molecule has 0 aliphatic carbocycles. The van der Waals surface area contributed by atoms with Crippen LogP contribution in [0, 0.1) is 6.92 Å². The number of amides is 1. The molecule has 16 heteroatoms. The lowest BCUT2D eigenvalue weighted by molar-refractivity contribution is -0.143. The molecule has 0 radical (unpaired) electrons. The highest BCUT2D eigenvalue weighted by Gasteiger charge is 2.42. The molecule has 1 aliphatic rings. The summed E-state index contributed by atoms with van der Waals surface area (Å²) in [4.78, 5) is 22.0. The second kappa shape index (κ2) is 11.9. The van der Waals surface area contributed by atoms with E-state index in [1.165, 1.54) is 24.0 Å². The summed E-state index contributed by atoms with van der Waals surface area (Å²) in [6.45, 7) is 6.52. The van der Waals surface area contributed by atoms with Crippen LogP contribution in [0.4, 0.5) is 42.8 Å². The van der Waals surface area contributed by atoms with E-state index in [0.29, 0.717) is 29.8 Å². The first-order valence-corrected chi connectivity index (χ1v) is 13.4. The van der Waals surface area contributed by atoms with Gasteiger partial charge in [-0.05, 0) is 68.7 Å². The number of halogens is 6. The van der Waals surface area contributed by atoms with Gasteiger partial charge in [0.15, 0.2) is 0 Å². The van der Waals surface area contributed by atoms with Crippen LogP contribution >= 0.6 is 0 Å². The molecule has 0 N–H and O–H groups in total. The lowest BCUT2D eigenvalue weighted by Gasteiger charge is -2.43. The van der Waals surface area contributed by atoms with Crippen molar-refractivity contribution in [1.82, 2.24) is 25.2 Å². The highest BCUT2D eigenvalue weighted by molar-refractivity contribution is 5.90. The van der Waals surface area contributed by atoms with Crippen molar-refractivity contribution in [2.45, 2.75) is 77.6 Å². The van der Waals surface area contributed by atoms with Crippen molar-refractivity contribution in [2.24, 2.45) is 7.05 Å². The number of aromatic nitrogens is 5. The molecule has 10 nitrogen and oxygen atoms in total. The van der Waals surface area contributed by atoms with Crippen LogP contribution in [0.2, 0.25) is 0 Å². The summed E-state index contributed by atoms with van der Waals surface area (Å²) in [5.74, 6) is 0.167. The van der Waals surface area contributed by atoms with Gasteiger partial charge in [0.1, 0.15) is 0 Å². The van der Waals surface area contributed by atoms with Gasteiger partial charge in [-0.1, -0.05) is 12.0 Å². The number of hydrogen-bond donors (Lipinski definition) is 0. The molecule has 0 unspecified atom stereocenters. The van der Waals surface area contributed by atoms with Crippen molar-refractivity contribution < 1.29 is 40.6 Å². The van der Waals surface area contributed by atoms with Crippen molar-refractivity contribution >= 4 is 17.7 Å². The average molecular weight is 616 g/mol. The van der Waals surface area contributed by atoms with Gasteiger partial charge in [0.25, 0.3) is 5.95 Å². The summed E-state index contributed by atoms with van der Waals surface area (Å²) < 4.78 is 93.1. The predicted octanol–water partition coefficient (Wildman–Crippen LogP) is 6.24. The third-order valence-corrected chi connectivity index (χ3v) is 6.94. The summed E-state index contributed by atoms with van der Waals surface area (Å²) in [6, 6.07) is 1.79. The van der Waals surface area contributed by atoms with Crippen LogP contribution in [-0.4, -0.2) is 50.5 Å². The van der Waals surface area contributed by atoms with Gasteiger partial charge in [-0.25, -0.2) is 9.78 Å². The Morgan fingerprint density at radius 2 is 1.72 bits per heavy atom. The number of carbonyl (C=O) groups excluding carboxylic acids is 1. The fraction of sp³-hybridized carbons (Fsp3) is 0.519. The first-order valence-electron chi connectivity index (χ1n) is 13.4. The first-order chi connectivity index (χ1) is 20.0. The van der Waals surface area contributed by atoms with Crippen molar-refractivity contribution in [3.63, 3.8) is 0 Å². The van der Waals surface area contributed by atoms with Crippen LogP contribution in [0.5, 0.6) is 5.88 Å². The van der Waals surface area contributed by atoms with Crippen molar-refractivity contribution in [3.05, 3.63) is 52.2 Å².